The first kappa shape index (κ1) is 18.7. The molecule has 0 spiro atoms. The van der Waals surface area contributed by atoms with Gasteiger partial charge in [0.25, 0.3) is 0 Å². The zero-order valence-corrected chi connectivity index (χ0v) is 14.0. The lowest BCUT2D eigenvalue weighted by atomic mass is 10.1. The fraction of sp³-hybridized carbons (Fsp3) is 0.444. The van der Waals surface area contributed by atoms with Gasteiger partial charge in [0.1, 0.15) is 11.3 Å². The van der Waals surface area contributed by atoms with E-state index in [1.165, 1.54) is 12.1 Å². The first-order valence-corrected chi connectivity index (χ1v) is 7.80. The lowest BCUT2D eigenvalue weighted by molar-refractivity contribution is -0.151. The molecule has 0 fully saturated rings. The number of hydrogen-bond donors (Lipinski definition) is 1. The van der Waals surface area contributed by atoms with Gasteiger partial charge in [-0.3, -0.25) is 0 Å². The SMILES string of the molecule is CCC(C)OC(=O)C(=Cc1ccccc1O)C(=O)OC(C)CC. The van der Waals surface area contributed by atoms with E-state index in [9.17, 15) is 14.7 Å². The van der Waals surface area contributed by atoms with Gasteiger partial charge in [-0.25, -0.2) is 9.59 Å². The van der Waals surface area contributed by atoms with Crippen LogP contribution in [0.2, 0.25) is 0 Å². The Bertz CT molecular complexity index is 551. The van der Waals surface area contributed by atoms with Crippen molar-refractivity contribution >= 4 is 18.0 Å². The molecule has 0 aliphatic rings. The number of carbonyl (C=O) groups is 2. The topological polar surface area (TPSA) is 72.8 Å². The number of rotatable bonds is 7. The summed E-state index contributed by atoms with van der Waals surface area (Å²) < 4.78 is 10.4. The molecule has 0 saturated heterocycles. The summed E-state index contributed by atoms with van der Waals surface area (Å²) in [6.07, 6.45) is 1.94. The van der Waals surface area contributed by atoms with E-state index in [1.54, 1.807) is 32.0 Å². The van der Waals surface area contributed by atoms with Crippen molar-refractivity contribution in [1.29, 1.82) is 0 Å². The molecule has 1 aromatic rings. The quantitative estimate of drug-likeness (QED) is 0.360. The lowest BCUT2D eigenvalue weighted by Crippen LogP contribution is -2.24. The third kappa shape index (κ3) is 5.77. The van der Waals surface area contributed by atoms with E-state index in [-0.39, 0.29) is 23.5 Å². The highest BCUT2D eigenvalue weighted by molar-refractivity contribution is 6.18. The maximum atomic E-state index is 12.3. The molecule has 0 aliphatic carbocycles. The average molecular weight is 320 g/mol. The van der Waals surface area contributed by atoms with Crippen LogP contribution in [0, 0.1) is 0 Å². The van der Waals surface area contributed by atoms with Gasteiger partial charge in [-0.05, 0) is 38.8 Å². The van der Waals surface area contributed by atoms with Crippen LogP contribution >= 0.6 is 0 Å². The fourth-order valence-corrected chi connectivity index (χ4v) is 1.63. The van der Waals surface area contributed by atoms with Crippen LogP contribution in [0.5, 0.6) is 5.75 Å². The number of carbonyl (C=O) groups excluding carboxylic acids is 2. The first-order chi connectivity index (χ1) is 10.9. The number of phenolic OH excluding ortho intramolecular Hbond substituents is 1. The van der Waals surface area contributed by atoms with Crippen molar-refractivity contribution in [3.8, 4) is 5.75 Å². The summed E-state index contributed by atoms with van der Waals surface area (Å²) in [5.41, 5.74) is 0.122. The third-order valence-corrected chi connectivity index (χ3v) is 3.44. The normalized spacial score (nSPS) is 12.9. The number of phenols is 1. The molecule has 1 aromatic carbocycles. The van der Waals surface area contributed by atoms with Crippen LogP contribution in [0.3, 0.4) is 0 Å². The predicted molar refractivity (Wildman–Crippen MR) is 87.8 cm³/mol. The maximum Gasteiger partial charge on any atom is 0.345 e. The van der Waals surface area contributed by atoms with Crippen LogP contribution in [0.4, 0.5) is 0 Å². The third-order valence-electron chi connectivity index (χ3n) is 3.44. The van der Waals surface area contributed by atoms with Crippen LogP contribution in [0.1, 0.15) is 46.1 Å². The fourth-order valence-electron chi connectivity index (χ4n) is 1.63. The van der Waals surface area contributed by atoms with E-state index < -0.39 is 11.9 Å². The molecule has 0 amide bonds. The molecule has 23 heavy (non-hydrogen) atoms. The Morgan fingerprint density at radius 3 is 1.96 bits per heavy atom. The maximum absolute atomic E-state index is 12.3. The van der Waals surface area contributed by atoms with Crippen molar-refractivity contribution in [3.05, 3.63) is 35.4 Å². The van der Waals surface area contributed by atoms with Crippen molar-refractivity contribution < 1.29 is 24.2 Å². The minimum atomic E-state index is -0.754. The molecule has 0 aromatic heterocycles. The monoisotopic (exact) mass is 320 g/mol. The van der Waals surface area contributed by atoms with E-state index in [2.05, 4.69) is 0 Å². The first-order valence-electron chi connectivity index (χ1n) is 7.80. The Balaban J connectivity index is 3.13. The van der Waals surface area contributed by atoms with Gasteiger partial charge >= 0.3 is 11.9 Å². The summed E-state index contributed by atoms with van der Waals surface area (Å²) >= 11 is 0. The summed E-state index contributed by atoms with van der Waals surface area (Å²) in [6.45, 7) is 7.24. The number of esters is 2. The van der Waals surface area contributed by atoms with Crippen LogP contribution in [-0.4, -0.2) is 29.3 Å². The second-order valence-electron chi connectivity index (χ2n) is 5.37. The highest BCUT2D eigenvalue weighted by atomic mass is 16.6. The van der Waals surface area contributed by atoms with Crippen molar-refractivity contribution in [1.82, 2.24) is 0 Å². The Hall–Kier alpha value is -2.30. The number of para-hydroxylation sites is 1. The lowest BCUT2D eigenvalue weighted by Gasteiger charge is -2.15. The van der Waals surface area contributed by atoms with Gasteiger partial charge in [0.15, 0.2) is 0 Å². The van der Waals surface area contributed by atoms with E-state index in [1.807, 2.05) is 13.8 Å². The molecular weight excluding hydrogens is 296 g/mol. The Morgan fingerprint density at radius 1 is 1.04 bits per heavy atom. The summed E-state index contributed by atoms with van der Waals surface area (Å²) in [7, 11) is 0. The van der Waals surface area contributed by atoms with Crippen LogP contribution in [0.15, 0.2) is 29.8 Å². The molecule has 126 valence electrons. The summed E-state index contributed by atoms with van der Waals surface area (Å²) in [5.74, 6) is -1.54. The molecule has 0 radical (unpaired) electrons. The predicted octanol–water partition coefficient (Wildman–Crippen LogP) is 3.46. The van der Waals surface area contributed by atoms with Crippen LogP contribution in [-0.2, 0) is 19.1 Å². The van der Waals surface area contributed by atoms with E-state index in [0.29, 0.717) is 18.4 Å². The second kappa shape index (κ2) is 8.98. The molecular formula is C18H24O5. The number of ether oxygens (including phenoxy) is 2. The van der Waals surface area contributed by atoms with Gasteiger partial charge in [-0.15, -0.1) is 0 Å². The molecule has 0 aliphatic heterocycles. The van der Waals surface area contributed by atoms with Gasteiger partial charge in [0, 0.05) is 5.56 Å². The minimum Gasteiger partial charge on any atom is -0.507 e. The molecule has 0 bridgehead atoms. The number of aromatic hydroxyl groups is 1. The summed E-state index contributed by atoms with van der Waals surface area (Å²) in [4.78, 5) is 24.5. The summed E-state index contributed by atoms with van der Waals surface area (Å²) in [6, 6.07) is 6.43. The van der Waals surface area contributed by atoms with Crippen LogP contribution < -0.4 is 0 Å². The van der Waals surface area contributed by atoms with Crippen molar-refractivity contribution in [2.75, 3.05) is 0 Å². The standard InChI is InChI=1S/C18H24O5/c1-5-12(3)22-17(20)15(18(21)23-13(4)6-2)11-14-9-7-8-10-16(14)19/h7-13,19H,5-6H2,1-4H3. The number of benzene rings is 1. The van der Waals surface area contributed by atoms with Gasteiger partial charge in [0.05, 0.1) is 12.2 Å². The Kier molecular flexibility index (Phi) is 7.32. The van der Waals surface area contributed by atoms with E-state index in [4.69, 9.17) is 9.47 Å². The van der Waals surface area contributed by atoms with E-state index in [0.717, 1.165) is 0 Å². The average Bonchev–Trinajstić information content (AvgIpc) is 2.53. The molecule has 5 heteroatoms. The van der Waals surface area contributed by atoms with Crippen LogP contribution in [0.25, 0.3) is 6.08 Å². The van der Waals surface area contributed by atoms with Gasteiger partial charge in [0.2, 0.25) is 0 Å². The zero-order chi connectivity index (χ0) is 17.4. The largest absolute Gasteiger partial charge is 0.507 e. The highest BCUT2D eigenvalue weighted by Crippen LogP contribution is 2.21. The molecule has 2 unspecified atom stereocenters. The van der Waals surface area contributed by atoms with Gasteiger partial charge in [-0.2, -0.15) is 0 Å². The zero-order valence-electron chi connectivity index (χ0n) is 14.0. The molecule has 5 nitrogen and oxygen atoms in total. The minimum absolute atomic E-state index is 0.0299. The van der Waals surface area contributed by atoms with E-state index >= 15 is 0 Å². The molecule has 1 N–H and O–H groups in total. The molecule has 1 rings (SSSR count). The van der Waals surface area contributed by atoms with Crippen molar-refractivity contribution in [3.63, 3.8) is 0 Å². The van der Waals surface area contributed by atoms with Gasteiger partial charge in [-0.1, -0.05) is 32.0 Å². The van der Waals surface area contributed by atoms with Crippen molar-refractivity contribution in [2.45, 2.75) is 52.7 Å². The Morgan fingerprint density at radius 2 is 1.52 bits per heavy atom. The smallest absolute Gasteiger partial charge is 0.345 e. The number of hydrogen-bond acceptors (Lipinski definition) is 5. The molecule has 2 atom stereocenters. The molecule has 0 saturated carbocycles. The highest BCUT2D eigenvalue weighted by Gasteiger charge is 2.24. The Labute approximate surface area is 136 Å². The molecule has 0 heterocycles. The van der Waals surface area contributed by atoms with Crippen molar-refractivity contribution in [2.24, 2.45) is 0 Å². The second-order valence-corrected chi connectivity index (χ2v) is 5.37. The van der Waals surface area contributed by atoms with Gasteiger partial charge < -0.3 is 14.6 Å². The summed E-state index contributed by atoms with van der Waals surface area (Å²) in [5, 5.41) is 9.83.